The fourth-order valence-corrected chi connectivity index (χ4v) is 6.85. The molecule has 3 N–H and O–H groups in total. The van der Waals surface area contributed by atoms with E-state index in [1.54, 1.807) is 0 Å². The number of nitrogens with one attached hydrogen (secondary N) is 3. The second-order valence-corrected chi connectivity index (χ2v) is 11.0. The van der Waals surface area contributed by atoms with E-state index in [-0.39, 0.29) is 28.2 Å². The van der Waals surface area contributed by atoms with Crippen LogP contribution in [0.5, 0.6) is 5.75 Å². The summed E-state index contributed by atoms with van der Waals surface area (Å²) in [5, 5.41) is 0. The summed E-state index contributed by atoms with van der Waals surface area (Å²) in [4.78, 5) is 26.8. The fraction of sp³-hybridized carbons (Fsp3) is 0.455. The highest BCUT2D eigenvalue weighted by Gasteiger charge is 2.27. The first kappa shape index (κ1) is 22.8. The van der Waals surface area contributed by atoms with Crippen LogP contribution in [0.3, 0.4) is 0 Å². The molecule has 2 aliphatic rings. The lowest BCUT2D eigenvalue weighted by Crippen LogP contribution is -2.41. The van der Waals surface area contributed by atoms with Crippen LogP contribution in [-0.2, 0) is 22.9 Å². The van der Waals surface area contributed by atoms with E-state index in [1.807, 2.05) is 6.07 Å². The number of hydrogen-bond donors (Lipinski definition) is 3. The molecule has 0 bridgehead atoms. The van der Waals surface area contributed by atoms with E-state index in [0.717, 1.165) is 51.4 Å². The molecular weight excluding hydrogens is 450 g/mol. The van der Waals surface area contributed by atoms with Crippen LogP contribution in [0.25, 0.3) is 0 Å². The second kappa shape index (κ2) is 9.60. The van der Waals surface area contributed by atoms with Gasteiger partial charge in [-0.3, -0.25) is 20.4 Å². The van der Waals surface area contributed by atoms with Gasteiger partial charge in [0.1, 0.15) is 10.6 Å². The number of aryl methyl sites for hydroxylation is 2. The second-order valence-electron chi connectivity index (χ2n) is 8.14. The van der Waals surface area contributed by atoms with Gasteiger partial charge < -0.3 is 4.74 Å². The molecule has 1 fully saturated rings. The largest absolute Gasteiger partial charge is 0.495 e. The minimum atomic E-state index is -3.86. The maximum Gasteiger partial charge on any atom is 0.279 e. The van der Waals surface area contributed by atoms with E-state index >= 15 is 0 Å². The van der Waals surface area contributed by atoms with E-state index in [9.17, 15) is 18.0 Å². The van der Waals surface area contributed by atoms with Crippen molar-refractivity contribution in [3.05, 3.63) is 45.1 Å². The van der Waals surface area contributed by atoms with E-state index in [4.69, 9.17) is 4.74 Å². The van der Waals surface area contributed by atoms with Crippen LogP contribution in [0.2, 0.25) is 0 Å². The topological polar surface area (TPSA) is 114 Å². The molecule has 10 heteroatoms. The van der Waals surface area contributed by atoms with E-state index in [2.05, 4.69) is 15.6 Å². The summed E-state index contributed by atoms with van der Waals surface area (Å²) in [6.07, 6.45) is 7.77. The lowest BCUT2D eigenvalue weighted by atomic mass is 9.99. The van der Waals surface area contributed by atoms with E-state index in [0.29, 0.717) is 4.88 Å². The Labute approximate surface area is 191 Å². The maximum absolute atomic E-state index is 12.9. The van der Waals surface area contributed by atoms with Gasteiger partial charge in [0, 0.05) is 16.5 Å². The molecule has 0 radical (unpaired) electrons. The van der Waals surface area contributed by atoms with Crippen molar-refractivity contribution in [1.82, 2.24) is 15.6 Å². The van der Waals surface area contributed by atoms with Gasteiger partial charge in [-0.1, -0.05) is 12.8 Å². The molecule has 4 rings (SSSR count). The Morgan fingerprint density at radius 2 is 1.72 bits per heavy atom. The van der Waals surface area contributed by atoms with Crippen molar-refractivity contribution in [2.24, 2.45) is 0 Å². The van der Waals surface area contributed by atoms with Crippen molar-refractivity contribution < 1.29 is 22.7 Å². The first-order chi connectivity index (χ1) is 15.4. The van der Waals surface area contributed by atoms with Gasteiger partial charge in [-0.15, -0.1) is 11.3 Å². The van der Waals surface area contributed by atoms with Gasteiger partial charge in [-0.25, -0.2) is 13.1 Å². The average Bonchev–Trinajstić information content (AvgIpc) is 3.46. The summed E-state index contributed by atoms with van der Waals surface area (Å²) in [6, 6.07) is 5.93. The number of fused-ring (bicyclic) bond motifs is 1. The first-order valence-corrected chi connectivity index (χ1v) is 13.1. The number of ether oxygens (including phenoxy) is 1. The zero-order valence-electron chi connectivity index (χ0n) is 17.9. The summed E-state index contributed by atoms with van der Waals surface area (Å²) < 4.78 is 33.7. The van der Waals surface area contributed by atoms with Crippen LogP contribution < -0.4 is 20.3 Å². The number of hydrazine groups is 1. The monoisotopic (exact) mass is 477 g/mol. The number of amides is 2. The molecular formula is C22H27N3O5S2. The predicted octanol–water partition coefficient (Wildman–Crippen LogP) is 2.93. The SMILES string of the molecule is COc1ccc(C(=O)NNC(=O)c2cc3c(s2)CCCC3)cc1S(=O)(=O)NC1CCCC1. The normalized spacial score (nSPS) is 16.4. The van der Waals surface area contributed by atoms with E-state index in [1.165, 1.54) is 47.1 Å². The maximum atomic E-state index is 12.9. The standard InChI is InChI=1S/C22H27N3O5S2/c1-30-17-11-10-15(13-20(17)32(28,29)25-16-7-3-4-8-16)21(26)23-24-22(27)19-12-14-6-2-5-9-18(14)31-19/h10-13,16,25H,2-9H2,1H3,(H,23,26)(H,24,27). The van der Waals surface area contributed by atoms with Gasteiger partial charge in [-0.2, -0.15) is 0 Å². The smallest absolute Gasteiger partial charge is 0.279 e. The molecule has 0 spiro atoms. The quantitative estimate of drug-likeness (QED) is 0.554. The van der Waals surface area contributed by atoms with Crippen molar-refractivity contribution in [3.8, 4) is 5.75 Å². The molecule has 0 aliphatic heterocycles. The molecule has 1 aromatic carbocycles. The van der Waals surface area contributed by atoms with Crippen molar-refractivity contribution in [2.45, 2.75) is 62.3 Å². The van der Waals surface area contributed by atoms with Gasteiger partial charge in [0.05, 0.1) is 12.0 Å². The van der Waals surface area contributed by atoms with Crippen molar-refractivity contribution in [1.29, 1.82) is 0 Å². The molecule has 2 aliphatic carbocycles. The molecule has 2 aromatic rings. The molecule has 2 amide bonds. The summed E-state index contributed by atoms with van der Waals surface area (Å²) in [6.45, 7) is 0. The van der Waals surface area contributed by atoms with E-state index < -0.39 is 15.9 Å². The summed E-state index contributed by atoms with van der Waals surface area (Å²) >= 11 is 1.45. The molecule has 1 heterocycles. The Hall–Kier alpha value is -2.43. The lowest BCUT2D eigenvalue weighted by Gasteiger charge is -2.16. The third-order valence-electron chi connectivity index (χ3n) is 5.90. The van der Waals surface area contributed by atoms with Gasteiger partial charge >= 0.3 is 0 Å². The average molecular weight is 478 g/mol. The highest BCUT2D eigenvalue weighted by molar-refractivity contribution is 7.89. The summed E-state index contributed by atoms with van der Waals surface area (Å²) in [5.74, 6) is -0.845. The lowest BCUT2D eigenvalue weighted by molar-refractivity contribution is 0.0848. The Balaban J connectivity index is 1.45. The summed E-state index contributed by atoms with van der Waals surface area (Å²) in [5.41, 5.74) is 6.11. The van der Waals surface area contributed by atoms with Crippen LogP contribution in [0.1, 0.15) is 69.0 Å². The highest BCUT2D eigenvalue weighted by atomic mass is 32.2. The zero-order valence-corrected chi connectivity index (χ0v) is 19.5. The molecule has 32 heavy (non-hydrogen) atoms. The number of hydrogen-bond acceptors (Lipinski definition) is 6. The molecule has 8 nitrogen and oxygen atoms in total. The number of carbonyl (C=O) groups is 2. The summed E-state index contributed by atoms with van der Waals surface area (Å²) in [7, 11) is -2.48. The van der Waals surface area contributed by atoms with Crippen LogP contribution in [0.15, 0.2) is 29.2 Å². The van der Waals surface area contributed by atoms with Crippen molar-refractivity contribution >= 4 is 33.2 Å². The van der Waals surface area contributed by atoms with Crippen LogP contribution in [0, 0.1) is 0 Å². The van der Waals surface area contributed by atoms with Gasteiger partial charge in [0.25, 0.3) is 11.8 Å². The number of sulfonamides is 1. The van der Waals surface area contributed by atoms with Crippen molar-refractivity contribution in [2.75, 3.05) is 7.11 Å². The molecule has 172 valence electrons. The molecule has 1 saturated carbocycles. The number of rotatable bonds is 6. The highest BCUT2D eigenvalue weighted by Crippen LogP contribution is 2.30. The van der Waals surface area contributed by atoms with Crippen LogP contribution in [0.4, 0.5) is 0 Å². The van der Waals surface area contributed by atoms with Gasteiger partial charge in [-0.05, 0) is 68.4 Å². The molecule has 0 unspecified atom stereocenters. The molecule has 1 aromatic heterocycles. The number of benzene rings is 1. The minimum Gasteiger partial charge on any atom is -0.495 e. The number of methoxy groups -OCH3 is 1. The Morgan fingerprint density at radius 1 is 1.00 bits per heavy atom. The fourth-order valence-electron chi connectivity index (χ4n) is 4.20. The third-order valence-corrected chi connectivity index (χ3v) is 8.68. The Bertz CT molecular complexity index is 1100. The predicted molar refractivity (Wildman–Crippen MR) is 121 cm³/mol. The minimum absolute atomic E-state index is 0.100. The van der Waals surface area contributed by atoms with Gasteiger partial charge in [0.2, 0.25) is 10.0 Å². The number of thiophene rings is 1. The Morgan fingerprint density at radius 3 is 2.44 bits per heavy atom. The third kappa shape index (κ3) is 4.97. The zero-order chi connectivity index (χ0) is 22.7. The molecule has 0 saturated heterocycles. The Kier molecular flexibility index (Phi) is 6.82. The van der Waals surface area contributed by atoms with Crippen LogP contribution >= 0.6 is 11.3 Å². The molecule has 0 atom stereocenters. The number of carbonyl (C=O) groups excluding carboxylic acids is 2. The first-order valence-electron chi connectivity index (χ1n) is 10.8. The van der Waals surface area contributed by atoms with Crippen molar-refractivity contribution in [3.63, 3.8) is 0 Å². The van der Waals surface area contributed by atoms with Crippen LogP contribution in [-0.4, -0.2) is 33.4 Å². The van der Waals surface area contributed by atoms with Gasteiger partial charge in [0.15, 0.2) is 0 Å².